The van der Waals surface area contributed by atoms with E-state index in [1.807, 2.05) is 13.8 Å². The molecule has 15 heavy (non-hydrogen) atoms. The summed E-state index contributed by atoms with van der Waals surface area (Å²) < 4.78 is 0. The minimum atomic E-state index is -0.0801. The van der Waals surface area contributed by atoms with E-state index in [2.05, 4.69) is 10.6 Å². The van der Waals surface area contributed by atoms with Crippen molar-refractivity contribution in [3.63, 3.8) is 0 Å². The summed E-state index contributed by atoms with van der Waals surface area (Å²) in [7, 11) is 0. The minimum absolute atomic E-state index is 0.0801. The molecule has 1 rings (SSSR count). The van der Waals surface area contributed by atoms with E-state index in [9.17, 15) is 4.79 Å². The first-order valence-corrected chi connectivity index (χ1v) is 5.92. The smallest absolute Gasteiger partial charge is 0.263 e. The Morgan fingerprint density at radius 3 is 2.87 bits per heavy atom. The van der Waals surface area contributed by atoms with Crippen LogP contribution in [0.1, 0.15) is 29.9 Å². The van der Waals surface area contributed by atoms with Gasteiger partial charge in [-0.15, -0.1) is 11.3 Å². The van der Waals surface area contributed by atoms with Crippen molar-refractivity contribution < 1.29 is 4.79 Å². The lowest BCUT2D eigenvalue weighted by Crippen LogP contribution is -2.23. The highest BCUT2D eigenvalue weighted by Crippen LogP contribution is 2.28. The Kier molecular flexibility index (Phi) is 4.42. The highest BCUT2D eigenvalue weighted by molar-refractivity contribution is 7.18. The first-order chi connectivity index (χ1) is 7.19. The van der Waals surface area contributed by atoms with E-state index >= 15 is 0 Å². The monoisotopic (exact) mass is 227 g/mol. The Hall–Kier alpha value is -1.23. The van der Waals surface area contributed by atoms with Crippen LogP contribution in [-0.4, -0.2) is 19.0 Å². The van der Waals surface area contributed by atoms with Gasteiger partial charge in [0.1, 0.15) is 4.88 Å². The number of anilines is 2. The number of nitrogens with one attached hydrogen (secondary N) is 2. The average molecular weight is 227 g/mol. The Morgan fingerprint density at radius 1 is 1.53 bits per heavy atom. The van der Waals surface area contributed by atoms with Crippen LogP contribution < -0.4 is 16.4 Å². The van der Waals surface area contributed by atoms with Crippen LogP contribution in [-0.2, 0) is 0 Å². The molecule has 0 aliphatic heterocycles. The summed E-state index contributed by atoms with van der Waals surface area (Å²) in [5.41, 5.74) is 6.30. The topological polar surface area (TPSA) is 67.2 Å². The molecule has 0 fully saturated rings. The van der Waals surface area contributed by atoms with Crippen molar-refractivity contribution in [2.24, 2.45) is 0 Å². The van der Waals surface area contributed by atoms with Crippen LogP contribution in [0.2, 0.25) is 0 Å². The van der Waals surface area contributed by atoms with Crippen molar-refractivity contribution in [1.29, 1.82) is 0 Å². The van der Waals surface area contributed by atoms with Crippen LogP contribution >= 0.6 is 11.3 Å². The van der Waals surface area contributed by atoms with Gasteiger partial charge in [0.25, 0.3) is 5.91 Å². The highest BCUT2D eigenvalue weighted by Gasteiger charge is 2.13. The zero-order valence-electron chi connectivity index (χ0n) is 9.09. The van der Waals surface area contributed by atoms with E-state index in [-0.39, 0.29) is 5.91 Å². The lowest BCUT2D eigenvalue weighted by Gasteiger charge is -2.01. The van der Waals surface area contributed by atoms with Crippen molar-refractivity contribution in [1.82, 2.24) is 5.32 Å². The SMILES string of the molecule is CCCNC(=O)c1sc(NCC)cc1N. The predicted octanol–water partition coefficient (Wildman–Crippen LogP) is 1.90. The van der Waals surface area contributed by atoms with Crippen LogP contribution in [0.25, 0.3) is 0 Å². The van der Waals surface area contributed by atoms with Gasteiger partial charge in [0.05, 0.1) is 10.7 Å². The molecule has 4 nitrogen and oxygen atoms in total. The number of rotatable bonds is 5. The second-order valence-corrected chi connectivity index (χ2v) is 4.23. The molecule has 0 atom stereocenters. The maximum atomic E-state index is 11.6. The Labute approximate surface area is 93.9 Å². The number of thiophene rings is 1. The number of amides is 1. The molecule has 0 spiro atoms. The van der Waals surface area contributed by atoms with E-state index < -0.39 is 0 Å². The molecule has 0 aromatic carbocycles. The van der Waals surface area contributed by atoms with Gasteiger partial charge in [-0.1, -0.05) is 6.92 Å². The molecule has 0 aliphatic carbocycles. The zero-order valence-corrected chi connectivity index (χ0v) is 9.91. The zero-order chi connectivity index (χ0) is 11.3. The van der Waals surface area contributed by atoms with Crippen molar-refractivity contribution >= 4 is 27.9 Å². The third-order valence-corrected chi connectivity index (χ3v) is 2.96. The fourth-order valence-electron chi connectivity index (χ4n) is 1.16. The summed E-state index contributed by atoms with van der Waals surface area (Å²) in [5.74, 6) is -0.0801. The van der Waals surface area contributed by atoms with Crippen molar-refractivity contribution in [2.45, 2.75) is 20.3 Å². The molecule has 1 aromatic heterocycles. The van der Waals surface area contributed by atoms with Crippen LogP contribution in [0.4, 0.5) is 10.7 Å². The second kappa shape index (κ2) is 5.60. The van der Waals surface area contributed by atoms with Crippen molar-refractivity contribution in [3.05, 3.63) is 10.9 Å². The fraction of sp³-hybridized carbons (Fsp3) is 0.500. The number of hydrogen-bond donors (Lipinski definition) is 3. The van der Waals surface area contributed by atoms with Crippen molar-refractivity contribution in [3.8, 4) is 0 Å². The van der Waals surface area contributed by atoms with Crippen molar-refractivity contribution in [2.75, 3.05) is 24.1 Å². The van der Waals surface area contributed by atoms with Crippen LogP contribution in [0, 0.1) is 0 Å². The van der Waals surface area contributed by atoms with Crippen LogP contribution in [0.15, 0.2) is 6.07 Å². The van der Waals surface area contributed by atoms with Gasteiger partial charge >= 0.3 is 0 Å². The van der Waals surface area contributed by atoms with Gasteiger partial charge in [-0.3, -0.25) is 4.79 Å². The summed E-state index contributed by atoms with van der Waals surface area (Å²) in [6.07, 6.45) is 0.928. The number of hydrogen-bond acceptors (Lipinski definition) is 4. The van der Waals surface area contributed by atoms with E-state index in [4.69, 9.17) is 5.73 Å². The van der Waals surface area contributed by atoms with Gasteiger partial charge in [0.2, 0.25) is 0 Å². The molecule has 1 heterocycles. The minimum Gasteiger partial charge on any atom is -0.397 e. The number of carbonyl (C=O) groups is 1. The number of nitrogens with two attached hydrogens (primary N) is 1. The summed E-state index contributed by atoms with van der Waals surface area (Å²) in [6, 6.07) is 1.80. The van der Waals surface area contributed by atoms with Gasteiger partial charge in [0, 0.05) is 13.1 Å². The Balaban J connectivity index is 2.71. The molecule has 0 saturated heterocycles. The molecular weight excluding hydrogens is 210 g/mol. The third kappa shape index (κ3) is 3.13. The molecule has 0 aliphatic rings. The number of carbonyl (C=O) groups excluding carboxylic acids is 1. The van der Waals surface area contributed by atoms with Gasteiger partial charge in [-0.2, -0.15) is 0 Å². The molecular formula is C10H17N3OS. The maximum absolute atomic E-state index is 11.6. The van der Waals surface area contributed by atoms with E-state index in [1.165, 1.54) is 11.3 Å². The molecule has 0 radical (unpaired) electrons. The molecule has 5 heteroatoms. The summed E-state index contributed by atoms with van der Waals surface area (Å²) in [5, 5.41) is 6.89. The Bertz CT molecular complexity index is 335. The summed E-state index contributed by atoms with van der Waals surface area (Å²) in [4.78, 5) is 12.2. The first kappa shape index (κ1) is 11.8. The van der Waals surface area contributed by atoms with E-state index in [0.29, 0.717) is 17.1 Å². The van der Waals surface area contributed by atoms with Gasteiger partial charge in [-0.05, 0) is 19.4 Å². The third-order valence-electron chi connectivity index (χ3n) is 1.85. The standard InChI is InChI=1S/C10H17N3OS/c1-3-5-13-10(14)9-7(11)6-8(15-9)12-4-2/h6,12H,3-5,11H2,1-2H3,(H,13,14). The average Bonchev–Trinajstić information content (AvgIpc) is 2.57. The van der Waals surface area contributed by atoms with Gasteiger partial charge in [0.15, 0.2) is 0 Å². The summed E-state index contributed by atoms with van der Waals surface area (Å²) in [6.45, 7) is 5.54. The maximum Gasteiger partial charge on any atom is 0.263 e. The van der Waals surface area contributed by atoms with Crippen LogP contribution in [0.3, 0.4) is 0 Å². The van der Waals surface area contributed by atoms with E-state index in [1.54, 1.807) is 6.07 Å². The van der Waals surface area contributed by atoms with E-state index in [0.717, 1.165) is 18.0 Å². The normalized spacial score (nSPS) is 10.0. The number of nitrogen functional groups attached to an aromatic ring is 1. The second-order valence-electron chi connectivity index (χ2n) is 3.18. The van der Waals surface area contributed by atoms with Crippen LogP contribution in [0.5, 0.6) is 0 Å². The fourth-order valence-corrected chi connectivity index (χ4v) is 2.13. The molecule has 1 aromatic rings. The highest BCUT2D eigenvalue weighted by atomic mass is 32.1. The predicted molar refractivity (Wildman–Crippen MR) is 65.5 cm³/mol. The lowest BCUT2D eigenvalue weighted by molar-refractivity contribution is 0.0958. The Morgan fingerprint density at radius 2 is 2.27 bits per heavy atom. The molecule has 84 valence electrons. The first-order valence-electron chi connectivity index (χ1n) is 5.10. The molecule has 4 N–H and O–H groups in total. The quantitative estimate of drug-likeness (QED) is 0.719. The summed E-state index contributed by atoms with van der Waals surface area (Å²) >= 11 is 1.39. The van der Waals surface area contributed by atoms with Gasteiger partial charge < -0.3 is 16.4 Å². The van der Waals surface area contributed by atoms with Gasteiger partial charge in [-0.25, -0.2) is 0 Å². The lowest BCUT2D eigenvalue weighted by atomic mass is 10.3. The largest absolute Gasteiger partial charge is 0.397 e. The molecule has 0 bridgehead atoms. The molecule has 0 unspecified atom stereocenters. The molecule has 1 amide bonds. The molecule has 0 saturated carbocycles.